The van der Waals surface area contributed by atoms with Crippen LogP contribution in [0.3, 0.4) is 0 Å². The lowest BCUT2D eigenvalue weighted by atomic mass is 10.1. The van der Waals surface area contributed by atoms with Gasteiger partial charge in [-0.15, -0.1) is 0 Å². The molecule has 5 nitrogen and oxygen atoms in total. The molecule has 0 spiro atoms. The molecule has 0 radical (unpaired) electrons. The average Bonchev–Trinajstić information content (AvgIpc) is 2.59. The molecule has 1 aliphatic rings. The van der Waals surface area contributed by atoms with Crippen molar-refractivity contribution in [2.24, 2.45) is 0 Å². The van der Waals surface area contributed by atoms with Gasteiger partial charge in [0.2, 0.25) is 0 Å². The number of carbonyl (C=O) groups excluding carboxylic acids is 1. The molecule has 0 bridgehead atoms. The second-order valence-corrected chi connectivity index (χ2v) is 6.03. The van der Waals surface area contributed by atoms with Gasteiger partial charge in [0.15, 0.2) is 0 Å². The maximum atomic E-state index is 12.5. The Morgan fingerprint density at radius 1 is 1.09 bits per heavy atom. The molecule has 1 aliphatic heterocycles. The lowest BCUT2D eigenvalue weighted by molar-refractivity contribution is 0.102. The number of hydrogen-bond acceptors (Lipinski definition) is 4. The van der Waals surface area contributed by atoms with E-state index in [1.54, 1.807) is 6.07 Å². The third-order valence-corrected chi connectivity index (χ3v) is 4.28. The first-order chi connectivity index (χ1) is 11.1. The minimum atomic E-state index is -0.192. The highest BCUT2D eigenvalue weighted by Gasteiger charge is 2.16. The maximum Gasteiger partial charge on any atom is 0.274 e. The lowest BCUT2D eigenvalue weighted by Gasteiger charge is -2.27. The Labute approximate surface area is 136 Å². The van der Waals surface area contributed by atoms with Crippen LogP contribution in [0.5, 0.6) is 0 Å². The highest BCUT2D eigenvalue weighted by atomic mass is 16.1. The SMILES string of the molecule is Cc1cccc(C)c1NC(=O)c1cc(N2CCCCC2)ncn1. The van der Waals surface area contributed by atoms with Gasteiger partial charge in [-0.3, -0.25) is 4.79 Å². The Hall–Kier alpha value is -2.43. The molecule has 23 heavy (non-hydrogen) atoms. The van der Waals surface area contributed by atoms with E-state index in [1.807, 2.05) is 32.0 Å². The van der Waals surface area contributed by atoms with Gasteiger partial charge >= 0.3 is 0 Å². The van der Waals surface area contributed by atoms with E-state index in [9.17, 15) is 4.79 Å². The molecule has 120 valence electrons. The van der Waals surface area contributed by atoms with Crippen molar-refractivity contribution in [1.82, 2.24) is 9.97 Å². The van der Waals surface area contributed by atoms with Crippen LogP contribution in [0, 0.1) is 13.8 Å². The zero-order valence-corrected chi connectivity index (χ0v) is 13.7. The highest BCUT2D eigenvalue weighted by molar-refractivity contribution is 6.04. The van der Waals surface area contributed by atoms with Crippen molar-refractivity contribution >= 4 is 17.4 Å². The lowest BCUT2D eigenvalue weighted by Crippen LogP contribution is -2.30. The van der Waals surface area contributed by atoms with E-state index in [2.05, 4.69) is 20.2 Å². The minimum absolute atomic E-state index is 0.192. The van der Waals surface area contributed by atoms with E-state index >= 15 is 0 Å². The van der Waals surface area contributed by atoms with E-state index in [-0.39, 0.29) is 5.91 Å². The Morgan fingerprint density at radius 3 is 2.48 bits per heavy atom. The number of hydrogen-bond donors (Lipinski definition) is 1. The standard InChI is InChI=1S/C18H22N4O/c1-13-7-6-8-14(2)17(13)21-18(23)15-11-16(20-12-19-15)22-9-4-3-5-10-22/h6-8,11-12H,3-5,9-10H2,1-2H3,(H,21,23). The third kappa shape index (κ3) is 3.50. The normalized spacial score (nSPS) is 14.6. The Bertz CT molecular complexity index is 688. The van der Waals surface area contributed by atoms with Gasteiger partial charge < -0.3 is 10.2 Å². The number of para-hydroxylation sites is 1. The van der Waals surface area contributed by atoms with E-state index in [4.69, 9.17) is 0 Å². The predicted octanol–water partition coefficient (Wildman–Crippen LogP) is 3.34. The number of carbonyl (C=O) groups is 1. The van der Waals surface area contributed by atoms with Crippen LogP contribution in [0.15, 0.2) is 30.6 Å². The zero-order chi connectivity index (χ0) is 16.2. The summed E-state index contributed by atoms with van der Waals surface area (Å²) < 4.78 is 0. The molecule has 1 amide bonds. The predicted molar refractivity (Wildman–Crippen MR) is 92.0 cm³/mol. The van der Waals surface area contributed by atoms with Crippen molar-refractivity contribution in [3.63, 3.8) is 0 Å². The van der Waals surface area contributed by atoms with Crippen LogP contribution < -0.4 is 10.2 Å². The molecule has 2 aromatic rings. The average molecular weight is 310 g/mol. The van der Waals surface area contributed by atoms with E-state index in [0.29, 0.717) is 5.69 Å². The van der Waals surface area contributed by atoms with Crippen LogP contribution in [0.4, 0.5) is 11.5 Å². The fourth-order valence-electron chi connectivity index (χ4n) is 2.96. The maximum absolute atomic E-state index is 12.5. The number of aryl methyl sites for hydroxylation is 2. The first-order valence-corrected chi connectivity index (χ1v) is 8.10. The van der Waals surface area contributed by atoms with Crippen molar-refractivity contribution in [1.29, 1.82) is 0 Å². The minimum Gasteiger partial charge on any atom is -0.357 e. The van der Waals surface area contributed by atoms with Crippen molar-refractivity contribution in [2.45, 2.75) is 33.1 Å². The summed E-state index contributed by atoms with van der Waals surface area (Å²) in [5.74, 6) is 0.648. The monoisotopic (exact) mass is 310 g/mol. The summed E-state index contributed by atoms with van der Waals surface area (Å²) >= 11 is 0. The summed E-state index contributed by atoms with van der Waals surface area (Å²) in [5, 5.41) is 2.98. The third-order valence-electron chi connectivity index (χ3n) is 4.28. The summed E-state index contributed by atoms with van der Waals surface area (Å²) in [6.07, 6.45) is 5.09. The number of piperidine rings is 1. The van der Waals surface area contributed by atoms with Gasteiger partial charge in [0, 0.05) is 24.8 Å². The number of aromatic nitrogens is 2. The molecule has 1 aromatic heterocycles. The van der Waals surface area contributed by atoms with Gasteiger partial charge in [0.05, 0.1) is 0 Å². The van der Waals surface area contributed by atoms with Crippen molar-refractivity contribution in [3.8, 4) is 0 Å². The summed E-state index contributed by atoms with van der Waals surface area (Å²) in [5.41, 5.74) is 3.35. The van der Waals surface area contributed by atoms with Crippen LogP contribution in [0.25, 0.3) is 0 Å². The number of amides is 1. The molecule has 1 N–H and O–H groups in total. The van der Waals surface area contributed by atoms with Crippen LogP contribution in [-0.2, 0) is 0 Å². The van der Waals surface area contributed by atoms with Crippen LogP contribution in [0.2, 0.25) is 0 Å². The molecule has 0 atom stereocenters. The van der Waals surface area contributed by atoms with Crippen molar-refractivity contribution in [2.75, 3.05) is 23.3 Å². The van der Waals surface area contributed by atoms with Gasteiger partial charge in [-0.05, 0) is 44.2 Å². The van der Waals surface area contributed by atoms with E-state index < -0.39 is 0 Å². The van der Waals surface area contributed by atoms with E-state index in [0.717, 1.165) is 35.7 Å². The van der Waals surface area contributed by atoms with Gasteiger partial charge in [0.1, 0.15) is 17.8 Å². The van der Waals surface area contributed by atoms with Gasteiger partial charge in [-0.1, -0.05) is 18.2 Å². The molecule has 2 heterocycles. The molecule has 3 rings (SSSR count). The highest BCUT2D eigenvalue weighted by Crippen LogP contribution is 2.21. The molecule has 1 fully saturated rings. The molecule has 0 unspecified atom stereocenters. The smallest absolute Gasteiger partial charge is 0.274 e. The molecule has 0 aliphatic carbocycles. The van der Waals surface area contributed by atoms with Gasteiger partial charge in [-0.2, -0.15) is 0 Å². The van der Waals surface area contributed by atoms with Crippen LogP contribution >= 0.6 is 0 Å². The number of anilines is 2. The molecule has 5 heteroatoms. The molecule has 0 saturated carbocycles. The van der Waals surface area contributed by atoms with Crippen LogP contribution in [0.1, 0.15) is 40.9 Å². The Kier molecular flexibility index (Phi) is 4.55. The van der Waals surface area contributed by atoms with Gasteiger partial charge in [0.25, 0.3) is 5.91 Å². The quantitative estimate of drug-likeness (QED) is 0.944. The van der Waals surface area contributed by atoms with Gasteiger partial charge in [-0.25, -0.2) is 9.97 Å². The van der Waals surface area contributed by atoms with E-state index in [1.165, 1.54) is 25.6 Å². The Morgan fingerprint density at radius 2 is 1.78 bits per heavy atom. The number of nitrogens with one attached hydrogen (secondary N) is 1. The topological polar surface area (TPSA) is 58.1 Å². The fourth-order valence-corrected chi connectivity index (χ4v) is 2.96. The second-order valence-electron chi connectivity index (χ2n) is 6.03. The fraction of sp³-hybridized carbons (Fsp3) is 0.389. The number of rotatable bonds is 3. The number of benzene rings is 1. The Balaban J connectivity index is 1.80. The largest absolute Gasteiger partial charge is 0.357 e. The molecule has 1 aromatic carbocycles. The molecular weight excluding hydrogens is 288 g/mol. The first-order valence-electron chi connectivity index (χ1n) is 8.10. The van der Waals surface area contributed by atoms with Crippen molar-refractivity contribution in [3.05, 3.63) is 47.4 Å². The van der Waals surface area contributed by atoms with Crippen molar-refractivity contribution < 1.29 is 4.79 Å². The summed E-state index contributed by atoms with van der Waals surface area (Å²) in [6.45, 7) is 5.97. The second kappa shape index (κ2) is 6.77. The molecular formula is C18H22N4O. The summed E-state index contributed by atoms with van der Waals surface area (Å²) in [6, 6.07) is 7.75. The summed E-state index contributed by atoms with van der Waals surface area (Å²) in [4.78, 5) is 23.2. The first kappa shape index (κ1) is 15.5. The molecule has 1 saturated heterocycles. The van der Waals surface area contributed by atoms with Crippen LogP contribution in [-0.4, -0.2) is 29.0 Å². The summed E-state index contributed by atoms with van der Waals surface area (Å²) in [7, 11) is 0. The zero-order valence-electron chi connectivity index (χ0n) is 13.7. The number of nitrogens with zero attached hydrogens (tertiary/aromatic N) is 3.